The minimum Gasteiger partial charge on any atom is -0.386 e. The molecule has 1 heterocycles. The van der Waals surface area contributed by atoms with Gasteiger partial charge in [-0.25, -0.2) is 0 Å². The molecule has 5 heteroatoms. The van der Waals surface area contributed by atoms with Gasteiger partial charge in [-0.1, -0.05) is 20.8 Å². The van der Waals surface area contributed by atoms with Crippen LogP contribution in [0.2, 0.25) is 0 Å². The van der Waals surface area contributed by atoms with Crippen molar-refractivity contribution in [1.29, 1.82) is 0 Å². The van der Waals surface area contributed by atoms with Gasteiger partial charge in [0.15, 0.2) is 0 Å². The highest BCUT2D eigenvalue weighted by molar-refractivity contribution is 5.89. The SMILES string of the molecule is CC(NC(=O)C(C)(C)C)C(=O)N1CC(C)(O)C1. The Hall–Kier alpha value is -1.10. The first kappa shape index (κ1) is 14.0. The zero-order valence-corrected chi connectivity index (χ0v) is 11.2. The predicted octanol–water partition coefficient (Wildman–Crippen LogP) is 0.130. The number of rotatable bonds is 2. The molecular weight excluding hydrogens is 220 g/mol. The van der Waals surface area contributed by atoms with E-state index in [0.29, 0.717) is 13.1 Å². The van der Waals surface area contributed by atoms with Crippen molar-refractivity contribution in [1.82, 2.24) is 10.2 Å². The summed E-state index contributed by atoms with van der Waals surface area (Å²) in [6.45, 7) is 9.42. The van der Waals surface area contributed by atoms with Gasteiger partial charge in [0.2, 0.25) is 11.8 Å². The number of carbonyl (C=O) groups excluding carboxylic acids is 2. The average Bonchev–Trinajstić information content (AvgIpc) is 2.11. The monoisotopic (exact) mass is 242 g/mol. The van der Waals surface area contributed by atoms with Crippen molar-refractivity contribution < 1.29 is 14.7 Å². The van der Waals surface area contributed by atoms with Gasteiger partial charge in [-0.15, -0.1) is 0 Å². The molecule has 1 aliphatic heterocycles. The van der Waals surface area contributed by atoms with E-state index in [-0.39, 0.29) is 11.8 Å². The van der Waals surface area contributed by atoms with Gasteiger partial charge < -0.3 is 15.3 Å². The quantitative estimate of drug-likeness (QED) is 0.723. The third-order valence-electron chi connectivity index (χ3n) is 2.77. The lowest BCUT2D eigenvalue weighted by atomic mass is 9.94. The lowest BCUT2D eigenvalue weighted by Crippen LogP contribution is -2.65. The molecular formula is C12H22N2O3. The third-order valence-corrected chi connectivity index (χ3v) is 2.77. The summed E-state index contributed by atoms with van der Waals surface area (Å²) in [5.74, 6) is -0.292. The van der Waals surface area contributed by atoms with E-state index in [0.717, 1.165) is 0 Å². The van der Waals surface area contributed by atoms with E-state index >= 15 is 0 Å². The molecule has 0 saturated carbocycles. The molecule has 2 amide bonds. The summed E-state index contributed by atoms with van der Waals surface area (Å²) in [6.07, 6.45) is 0. The summed E-state index contributed by atoms with van der Waals surface area (Å²) in [5.41, 5.74) is -1.28. The third kappa shape index (κ3) is 3.43. The molecule has 1 rings (SSSR count). The number of amides is 2. The van der Waals surface area contributed by atoms with Crippen molar-refractivity contribution in [2.75, 3.05) is 13.1 Å². The fourth-order valence-corrected chi connectivity index (χ4v) is 1.68. The molecule has 0 bridgehead atoms. The molecule has 0 spiro atoms. The van der Waals surface area contributed by atoms with Crippen molar-refractivity contribution >= 4 is 11.8 Å². The lowest BCUT2D eigenvalue weighted by molar-refractivity contribution is -0.155. The molecule has 0 aromatic heterocycles. The van der Waals surface area contributed by atoms with Gasteiger partial charge in [0.25, 0.3) is 0 Å². The summed E-state index contributed by atoms with van der Waals surface area (Å²) < 4.78 is 0. The van der Waals surface area contributed by atoms with Crippen LogP contribution in [0.3, 0.4) is 0 Å². The van der Waals surface area contributed by atoms with Crippen LogP contribution in [0.15, 0.2) is 0 Å². The van der Waals surface area contributed by atoms with Crippen LogP contribution in [0.4, 0.5) is 0 Å². The maximum absolute atomic E-state index is 11.9. The fourth-order valence-electron chi connectivity index (χ4n) is 1.68. The Morgan fingerprint density at radius 1 is 1.35 bits per heavy atom. The Bertz CT molecular complexity index is 323. The van der Waals surface area contributed by atoms with E-state index in [2.05, 4.69) is 5.32 Å². The topological polar surface area (TPSA) is 69.6 Å². The smallest absolute Gasteiger partial charge is 0.245 e. The van der Waals surface area contributed by atoms with Crippen molar-refractivity contribution in [3.63, 3.8) is 0 Å². The van der Waals surface area contributed by atoms with Crippen LogP contribution in [0.25, 0.3) is 0 Å². The van der Waals surface area contributed by atoms with Gasteiger partial charge in [0.1, 0.15) is 6.04 Å². The number of hydrogen-bond donors (Lipinski definition) is 2. The van der Waals surface area contributed by atoms with Gasteiger partial charge in [0, 0.05) is 5.41 Å². The summed E-state index contributed by atoms with van der Waals surface area (Å²) in [6, 6.07) is -0.544. The first-order chi connectivity index (χ1) is 7.53. The zero-order chi connectivity index (χ0) is 13.4. The van der Waals surface area contributed by atoms with E-state index in [1.165, 1.54) is 0 Å². The number of nitrogens with zero attached hydrogens (tertiary/aromatic N) is 1. The minimum atomic E-state index is -0.774. The Morgan fingerprint density at radius 2 is 1.82 bits per heavy atom. The normalized spacial score (nSPS) is 20.5. The standard InChI is InChI=1S/C12H22N2O3/c1-8(13-10(16)11(2,3)4)9(15)14-6-12(5,17)7-14/h8,17H,6-7H2,1-5H3,(H,13,16). The van der Waals surface area contributed by atoms with E-state index in [4.69, 9.17) is 0 Å². The summed E-state index contributed by atoms with van der Waals surface area (Å²) in [4.78, 5) is 25.1. The predicted molar refractivity (Wildman–Crippen MR) is 64.3 cm³/mol. The first-order valence-corrected chi connectivity index (χ1v) is 5.85. The van der Waals surface area contributed by atoms with Crippen molar-refractivity contribution in [2.45, 2.75) is 46.3 Å². The molecule has 0 aromatic rings. The van der Waals surface area contributed by atoms with Crippen LogP contribution in [0.5, 0.6) is 0 Å². The lowest BCUT2D eigenvalue weighted by Gasteiger charge is -2.45. The van der Waals surface area contributed by atoms with Crippen molar-refractivity contribution in [3.8, 4) is 0 Å². The van der Waals surface area contributed by atoms with Gasteiger partial charge in [-0.3, -0.25) is 9.59 Å². The summed E-state index contributed by atoms with van der Waals surface area (Å²) in [5, 5.41) is 12.2. The van der Waals surface area contributed by atoms with Crippen molar-refractivity contribution in [3.05, 3.63) is 0 Å². The molecule has 17 heavy (non-hydrogen) atoms. The number of nitrogens with one attached hydrogen (secondary N) is 1. The fraction of sp³-hybridized carbons (Fsp3) is 0.833. The second-order valence-electron chi connectivity index (χ2n) is 6.14. The van der Waals surface area contributed by atoms with Gasteiger partial charge in [-0.2, -0.15) is 0 Å². The molecule has 0 aromatic carbocycles. The zero-order valence-electron chi connectivity index (χ0n) is 11.2. The van der Waals surface area contributed by atoms with Crippen LogP contribution in [0.1, 0.15) is 34.6 Å². The molecule has 98 valence electrons. The Labute approximate surface area is 102 Å². The minimum absolute atomic E-state index is 0.144. The summed E-state index contributed by atoms with van der Waals surface area (Å²) in [7, 11) is 0. The summed E-state index contributed by atoms with van der Waals surface area (Å²) >= 11 is 0. The van der Waals surface area contributed by atoms with Gasteiger partial charge in [0.05, 0.1) is 18.7 Å². The molecule has 1 fully saturated rings. The molecule has 2 N–H and O–H groups in total. The van der Waals surface area contributed by atoms with Gasteiger partial charge in [-0.05, 0) is 13.8 Å². The van der Waals surface area contributed by atoms with E-state index < -0.39 is 17.1 Å². The molecule has 1 atom stereocenters. The molecule has 1 saturated heterocycles. The first-order valence-electron chi connectivity index (χ1n) is 5.85. The molecule has 1 unspecified atom stereocenters. The number of likely N-dealkylation sites (tertiary alicyclic amines) is 1. The Balaban J connectivity index is 2.47. The number of β-amino-alcohol motifs (C(OH)–C–C–N with tert-alkyl or cyclic N) is 1. The number of hydrogen-bond acceptors (Lipinski definition) is 3. The van der Waals surface area contributed by atoms with Crippen LogP contribution < -0.4 is 5.32 Å². The maximum atomic E-state index is 11.9. The van der Waals surface area contributed by atoms with Gasteiger partial charge >= 0.3 is 0 Å². The second kappa shape index (κ2) is 4.29. The maximum Gasteiger partial charge on any atom is 0.245 e. The molecule has 5 nitrogen and oxygen atoms in total. The van der Waals surface area contributed by atoms with Crippen LogP contribution in [0, 0.1) is 5.41 Å². The van der Waals surface area contributed by atoms with E-state index in [9.17, 15) is 14.7 Å². The van der Waals surface area contributed by atoms with Crippen LogP contribution in [-0.4, -0.2) is 46.6 Å². The van der Waals surface area contributed by atoms with Crippen LogP contribution in [-0.2, 0) is 9.59 Å². The second-order valence-corrected chi connectivity index (χ2v) is 6.14. The average molecular weight is 242 g/mol. The Morgan fingerprint density at radius 3 is 2.18 bits per heavy atom. The van der Waals surface area contributed by atoms with Crippen molar-refractivity contribution in [2.24, 2.45) is 5.41 Å². The van der Waals surface area contributed by atoms with E-state index in [1.54, 1.807) is 39.5 Å². The number of aliphatic hydroxyl groups is 1. The Kier molecular flexibility index (Phi) is 3.52. The van der Waals surface area contributed by atoms with Crippen LogP contribution >= 0.6 is 0 Å². The van der Waals surface area contributed by atoms with E-state index in [1.807, 2.05) is 0 Å². The number of carbonyl (C=O) groups is 2. The molecule has 0 aliphatic carbocycles. The highest BCUT2D eigenvalue weighted by Crippen LogP contribution is 2.20. The highest BCUT2D eigenvalue weighted by Gasteiger charge is 2.41. The molecule has 0 radical (unpaired) electrons. The highest BCUT2D eigenvalue weighted by atomic mass is 16.3. The largest absolute Gasteiger partial charge is 0.386 e. The molecule has 1 aliphatic rings.